The summed E-state index contributed by atoms with van der Waals surface area (Å²) < 4.78 is 13.3. The molecular formula is C15H19FN2O. The number of benzene rings is 1. The standard InChI is InChI=1S/C15H19FN2O/c1-11-2-3-12(16)8-13(11)14(19)18-7-5-15(10-18)4-6-17-9-15/h2-3,8,17H,4-7,9-10H2,1H3. The summed E-state index contributed by atoms with van der Waals surface area (Å²) in [6, 6.07) is 4.43. The molecule has 0 aromatic heterocycles. The smallest absolute Gasteiger partial charge is 0.254 e. The lowest BCUT2D eigenvalue weighted by molar-refractivity contribution is 0.0774. The van der Waals surface area contributed by atoms with E-state index in [0.717, 1.165) is 44.6 Å². The number of likely N-dealkylation sites (tertiary alicyclic amines) is 1. The maximum absolute atomic E-state index is 13.3. The number of nitrogens with one attached hydrogen (secondary N) is 1. The van der Waals surface area contributed by atoms with Crippen molar-refractivity contribution in [3.8, 4) is 0 Å². The van der Waals surface area contributed by atoms with Gasteiger partial charge in [0.15, 0.2) is 0 Å². The van der Waals surface area contributed by atoms with Gasteiger partial charge < -0.3 is 10.2 Å². The fourth-order valence-corrected chi connectivity index (χ4v) is 3.25. The number of amides is 1. The molecule has 19 heavy (non-hydrogen) atoms. The van der Waals surface area contributed by atoms with Gasteiger partial charge in [-0.25, -0.2) is 4.39 Å². The average molecular weight is 262 g/mol. The van der Waals surface area contributed by atoms with Crippen molar-refractivity contribution in [3.63, 3.8) is 0 Å². The molecule has 1 N–H and O–H groups in total. The molecule has 2 fully saturated rings. The van der Waals surface area contributed by atoms with Crippen LogP contribution in [0.4, 0.5) is 4.39 Å². The summed E-state index contributed by atoms with van der Waals surface area (Å²) >= 11 is 0. The highest BCUT2D eigenvalue weighted by Gasteiger charge is 2.42. The third kappa shape index (κ3) is 2.25. The summed E-state index contributed by atoms with van der Waals surface area (Å²) in [5, 5.41) is 3.38. The molecule has 0 bridgehead atoms. The van der Waals surface area contributed by atoms with Crippen molar-refractivity contribution in [1.29, 1.82) is 0 Å². The molecule has 2 saturated heterocycles. The maximum Gasteiger partial charge on any atom is 0.254 e. The van der Waals surface area contributed by atoms with Gasteiger partial charge in [0.2, 0.25) is 0 Å². The highest BCUT2D eigenvalue weighted by molar-refractivity contribution is 5.95. The Bertz CT molecular complexity index is 509. The number of carbonyl (C=O) groups excluding carboxylic acids is 1. The highest BCUT2D eigenvalue weighted by atomic mass is 19.1. The normalized spacial score (nSPS) is 26.3. The molecule has 102 valence electrons. The van der Waals surface area contributed by atoms with Crippen molar-refractivity contribution < 1.29 is 9.18 Å². The topological polar surface area (TPSA) is 32.3 Å². The second-order valence-corrected chi connectivity index (χ2v) is 5.86. The molecule has 0 saturated carbocycles. The molecule has 2 aliphatic rings. The van der Waals surface area contributed by atoms with Gasteiger partial charge in [-0.3, -0.25) is 4.79 Å². The van der Waals surface area contributed by atoms with E-state index in [1.807, 2.05) is 11.8 Å². The van der Waals surface area contributed by atoms with Crippen molar-refractivity contribution in [2.45, 2.75) is 19.8 Å². The molecule has 3 rings (SSSR count). The van der Waals surface area contributed by atoms with Crippen LogP contribution >= 0.6 is 0 Å². The van der Waals surface area contributed by atoms with Gasteiger partial charge >= 0.3 is 0 Å². The number of carbonyl (C=O) groups is 1. The number of nitrogens with zero attached hydrogens (tertiary/aromatic N) is 1. The number of hydrogen-bond donors (Lipinski definition) is 1. The van der Waals surface area contributed by atoms with Crippen molar-refractivity contribution in [3.05, 3.63) is 35.1 Å². The largest absolute Gasteiger partial charge is 0.338 e. The first-order valence-electron chi connectivity index (χ1n) is 6.86. The second-order valence-electron chi connectivity index (χ2n) is 5.86. The number of halogens is 1. The van der Waals surface area contributed by atoms with Crippen LogP contribution in [-0.2, 0) is 0 Å². The van der Waals surface area contributed by atoms with Crippen LogP contribution in [0, 0.1) is 18.2 Å². The summed E-state index contributed by atoms with van der Waals surface area (Å²) in [5.41, 5.74) is 1.61. The highest BCUT2D eigenvalue weighted by Crippen LogP contribution is 2.36. The zero-order chi connectivity index (χ0) is 13.5. The minimum absolute atomic E-state index is 0.0271. The summed E-state index contributed by atoms with van der Waals surface area (Å²) in [5.74, 6) is -0.369. The van der Waals surface area contributed by atoms with E-state index in [2.05, 4.69) is 5.32 Å². The van der Waals surface area contributed by atoms with Crippen LogP contribution in [-0.4, -0.2) is 37.0 Å². The Kier molecular flexibility index (Phi) is 3.05. The van der Waals surface area contributed by atoms with Crippen LogP contribution in [0.5, 0.6) is 0 Å². The Morgan fingerprint density at radius 2 is 2.26 bits per heavy atom. The summed E-state index contributed by atoms with van der Waals surface area (Å²) in [6.07, 6.45) is 2.19. The minimum atomic E-state index is -0.342. The molecule has 1 amide bonds. The molecule has 1 aromatic rings. The number of hydrogen-bond acceptors (Lipinski definition) is 2. The lowest BCUT2D eigenvalue weighted by Crippen LogP contribution is -2.33. The van der Waals surface area contributed by atoms with Crippen LogP contribution in [0.15, 0.2) is 18.2 Å². The Labute approximate surface area is 112 Å². The Balaban J connectivity index is 1.79. The van der Waals surface area contributed by atoms with Crippen molar-refractivity contribution >= 4 is 5.91 Å². The predicted octanol–water partition coefficient (Wildman–Crippen LogP) is 1.96. The maximum atomic E-state index is 13.3. The molecule has 3 nitrogen and oxygen atoms in total. The van der Waals surface area contributed by atoms with E-state index in [1.54, 1.807) is 6.07 Å². The fraction of sp³-hybridized carbons (Fsp3) is 0.533. The Morgan fingerprint density at radius 1 is 1.42 bits per heavy atom. The van der Waals surface area contributed by atoms with Gasteiger partial charge in [-0.15, -0.1) is 0 Å². The van der Waals surface area contributed by atoms with E-state index in [0.29, 0.717) is 5.56 Å². The van der Waals surface area contributed by atoms with Gasteiger partial charge in [-0.1, -0.05) is 6.07 Å². The number of rotatable bonds is 1. The van der Waals surface area contributed by atoms with Crippen LogP contribution < -0.4 is 5.32 Å². The van der Waals surface area contributed by atoms with Gasteiger partial charge in [-0.05, 0) is 44.0 Å². The summed E-state index contributed by atoms with van der Waals surface area (Å²) in [7, 11) is 0. The molecule has 2 heterocycles. The van der Waals surface area contributed by atoms with E-state index in [4.69, 9.17) is 0 Å². The zero-order valence-electron chi connectivity index (χ0n) is 11.2. The average Bonchev–Trinajstić information content (AvgIpc) is 3.03. The molecule has 0 aliphatic carbocycles. The van der Waals surface area contributed by atoms with Gasteiger partial charge in [0.05, 0.1) is 0 Å². The zero-order valence-corrected chi connectivity index (χ0v) is 11.2. The van der Waals surface area contributed by atoms with Gasteiger partial charge in [-0.2, -0.15) is 0 Å². The van der Waals surface area contributed by atoms with E-state index in [1.165, 1.54) is 12.1 Å². The first-order valence-corrected chi connectivity index (χ1v) is 6.86. The lowest BCUT2D eigenvalue weighted by Gasteiger charge is -2.23. The second kappa shape index (κ2) is 4.60. The van der Waals surface area contributed by atoms with E-state index < -0.39 is 0 Å². The predicted molar refractivity (Wildman–Crippen MR) is 71.6 cm³/mol. The van der Waals surface area contributed by atoms with Crippen molar-refractivity contribution in [2.75, 3.05) is 26.2 Å². The third-order valence-electron chi connectivity index (χ3n) is 4.49. The Hall–Kier alpha value is -1.42. The summed E-state index contributed by atoms with van der Waals surface area (Å²) in [6.45, 7) is 5.49. The molecule has 2 aliphatic heterocycles. The molecule has 1 spiro atoms. The number of aryl methyl sites for hydroxylation is 1. The lowest BCUT2D eigenvalue weighted by atomic mass is 9.86. The monoisotopic (exact) mass is 262 g/mol. The van der Waals surface area contributed by atoms with Gasteiger partial charge in [0, 0.05) is 30.6 Å². The minimum Gasteiger partial charge on any atom is -0.338 e. The molecule has 0 radical (unpaired) electrons. The van der Waals surface area contributed by atoms with Gasteiger partial charge in [0.25, 0.3) is 5.91 Å². The van der Waals surface area contributed by atoms with Crippen LogP contribution in [0.1, 0.15) is 28.8 Å². The Morgan fingerprint density at radius 3 is 3.00 bits per heavy atom. The van der Waals surface area contributed by atoms with E-state index >= 15 is 0 Å². The van der Waals surface area contributed by atoms with E-state index in [-0.39, 0.29) is 17.1 Å². The van der Waals surface area contributed by atoms with Crippen molar-refractivity contribution in [2.24, 2.45) is 5.41 Å². The molecule has 4 heteroatoms. The van der Waals surface area contributed by atoms with Crippen LogP contribution in [0.3, 0.4) is 0 Å². The summed E-state index contributed by atoms with van der Waals surface area (Å²) in [4.78, 5) is 14.4. The van der Waals surface area contributed by atoms with Crippen LogP contribution in [0.2, 0.25) is 0 Å². The first kappa shape index (κ1) is 12.6. The van der Waals surface area contributed by atoms with Crippen LogP contribution in [0.25, 0.3) is 0 Å². The molecule has 1 unspecified atom stereocenters. The molecule has 1 aromatic carbocycles. The third-order valence-corrected chi connectivity index (χ3v) is 4.49. The molecular weight excluding hydrogens is 243 g/mol. The first-order chi connectivity index (χ1) is 9.10. The quantitative estimate of drug-likeness (QED) is 0.839. The molecule has 1 atom stereocenters. The van der Waals surface area contributed by atoms with Gasteiger partial charge in [0.1, 0.15) is 5.82 Å². The SMILES string of the molecule is Cc1ccc(F)cc1C(=O)N1CCC2(CCNC2)C1. The van der Waals surface area contributed by atoms with E-state index in [9.17, 15) is 9.18 Å². The van der Waals surface area contributed by atoms with Crippen molar-refractivity contribution in [1.82, 2.24) is 10.2 Å². The fourth-order valence-electron chi connectivity index (χ4n) is 3.25.